The first-order valence-corrected chi connectivity index (χ1v) is 14.5. The van der Waals surface area contributed by atoms with Crippen molar-refractivity contribution in [2.45, 2.75) is 62.5 Å². The van der Waals surface area contributed by atoms with E-state index in [0.29, 0.717) is 16.7 Å². The molecule has 3 heterocycles. The van der Waals surface area contributed by atoms with Crippen molar-refractivity contribution < 1.29 is 17.9 Å². The molecule has 188 valence electrons. The first-order valence-electron chi connectivity index (χ1n) is 12.8. The number of sulfone groups is 1. The van der Waals surface area contributed by atoms with Crippen molar-refractivity contribution in [1.82, 2.24) is 10.2 Å². The lowest BCUT2D eigenvalue weighted by atomic mass is 9.92. The van der Waals surface area contributed by atoms with Crippen molar-refractivity contribution in [2.24, 2.45) is 11.8 Å². The fourth-order valence-electron chi connectivity index (χ4n) is 5.37. The highest BCUT2D eigenvalue weighted by molar-refractivity contribution is 7.91. The summed E-state index contributed by atoms with van der Waals surface area (Å²) in [7, 11) is -3.20. The largest absolute Gasteiger partial charge is 0.446 e. The second-order valence-electron chi connectivity index (χ2n) is 11.0. The number of benzene rings is 2. The van der Waals surface area contributed by atoms with Crippen LogP contribution in [0.3, 0.4) is 0 Å². The number of rotatable bonds is 7. The van der Waals surface area contributed by atoms with Gasteiger partial charge in [0.1, 0.15) is 6.10 Å². The average Bonchev–Trinajstić information content (AvgIpc) is 3.68. The van der Waals surface area contributed by atoms with Crippen LogP contribution in [-0.2, 0) is 20.1 Å². The van der Waals surface area contributed by atoms with E-state index in [-0.39, 0.29) is 18.0 Å². The van der Waals surface area contributed by atoms with Gasteiger partial charge in [-0.25, -0.2) is 13.2 Å². The molecule has 2 aromatic rings. The van der Waals surface area contributed by atoms with Gasteiger partial charge in [-0.15, -0.1) is 0 Å². The Balaban J connectivity index is 1.21. The van der Waals surface area contributed by atoms with Gasteiger partial charge in [0.25, 0.3) is 0 Å². The summed E-state index contributed by atoms with van der Waals surface area (Å²) in [5, 5.41) is 3.06. The van der Waals surface area contributed by atoms with Gasteiger partial charge >= 0.3 is 6.09 Å². The Labute approximate surface area is 209 Å². The number of hydrogen-bond acceptors (Lipinski definition) is 5. The summed E-state index contributed by atoms with van der Waals surface area (Å²) < 4.78 is 30.9. The molecule has 6 rings (SSSR count). The number of nitrogens with one attached hydrogen (secondary N) is 1. The molecule has 0 radical (unpaired) electrons. The third-order valence-electron chi connectivity index (χ3n) is 7.87. The number of piperidine rings is 1. The topological polar surface area (TPSA) is 75.7 Å². The molecule has 1 N–H and O–H groups in total. The summed E-state index contributed by atoms with van der Waals surface area (Å²) in [6.45, 7) is 7.19. The van der Waals surface area contributed by atoms with Crippen LogP contribution in [0.5, 0.6) is 0 Å². The second-order valence-corrected chi connectivity index (χ2v) is 13.0. The summed E-state index contributed by atoms with van der Waals surface area (Å²) in [6.07, 6.45) is 4.81. The zero-order chi connectivity index (χ0) is 24.6. The number of hydrogen-bond donors (Lipinski definition) is 1. The summed E-state index contributed by atoms with van der Waals surface area (Å²) in [4.78, 5) is 15.6. The van der Waals surface area contributed by atoms with Crippen LogP contribution < -0.4 is 5.32 Å². The van der Waals surface area contributed by atoms with Gasteiger partial charge in [0, 0.05) is 6.54 Å². The predicted octanol–water partition coefficient (Wildman–Crippen LogP) is 4.98. The van der Waals surface area contributed by atoms with Crippen LogP contribution in [0.25, 0.3) is 11.1 Å². The van der Waals surface area contributed by atoms with Gasteiger partial charge in [-0.1, -0.05) is 36.4 Å². The summed E-state index contributed by atoms with van der Waals surface area (Å²) in [5.41, 5.74) is 2.37. The minimum atomic E-state index is -3.20. The van der Waals surface area contributed by atoms with Gasteiger partial charge in [0.2, 0.25) is 0 Å². The van der Waals surface area contributed by atoms with Crippen LogP contribution >= 0.6 is 0 Å². The first-order chi connectivity index (χ1) is 16.7. The van der Waals surface area contributed by atoms with Crippen molar-refractivity contribution in [3.8, 4) is 11.1 Å². The van der Waals surface area contributed by atoms with Crippen LogP contribution in [0.2, 0.25) is 0 Å². The Kier molecular flexibility index (Phi) is 6.66. The van der Waals surface area contributed by atoms with Gasteiger partial charge in [0.15, 0.2) is 9.84 Å². The zero-order valence-electron chi connectivity index (χ0n) is 20.7. The van der Waals surface area contributed by atoms with E-state index in [1.54, 1.807) is 12.1 Å². The van der Waals surface area contributed by atoms with Gasteiger partial charge in [-0.05, 0) is 99.7 Å². The molecule has 2 bridgehead atoms. The van der Waals surface area contributed by atoms with Gasteiger partial charge in [-0.3, -0.25) is 0 Å². The molecule has 35 heavy (non-hydrogen) atoms. The van der Waals surface area contributed by atoms with E-state index in [0.717, 1.165) is 68.4 Å². The number of ether oxygens (including phenoxy) is 1. The number of alkyl carbamates (subject to hydrolysis) is 1. The molecule has 1 amide bonds. The van der Waals surface area contributed by atoms with Gasteiger partial charge in [0.05, 0.1) is 16.2 Å². The van der Waals surface area contributed by atoms with Crippen LogP contribution in [0.4, 0.5) is 4.79 Å². The molecule has 3 saturated heterocycles. The molecule has 6 nitrogen and oxygen atoms in total. The maximum absolute atomic E-state index is 12.8. The highest BCUT2D eigenvalue weighted by atomic mass is 32.2. The predicted molar refractivity (Wildman–Crippen MR) is 137 cm³/mol. The molecule has 1 atom stereocenters. The molecule has 0 aromatic heterocycles. The van der Waals surface area contributed by atoms with Gasteiger partial charge < -0.3 is 15.0 Å². The molecule has 1 aliphatic carbocycles. The van der Waals surface area contributed by atoms with E-state index < -0.39 is 15.4 Å². The molecule has 4 fully saturated rings. The monoisotopic (exact) mass is 496 g/mol. The van der Waals surface area contributed by atoms with E-state index in [2.05, 4.69) is 10.2 Å². The van der Waals surface area contributed by atoms with Crippen LogP contribution in [0.1, 0.15) is 51.5 Å². The molecular weight excluding hydrogens is 460 g/mol. The van der Waals surface area contributed by atoms with Crippen LogP contribution in [0, 0.1) is 11.8 Å². The second kappa shape index (κ2) is 9.58. The van der Waals surface area contributed by atoms with Crippen LogP contribution in [-0.4, -0.2) is 50.9 Å². The van der Waals surface area contributed by atoms with E-state index in [9.17, 15) is 13.2 Å². The Morgan fingerprint density at radius 2 is 1.49 bits per heavy atom. The number of carbonyl (C=O) groups is 1. The summed E-state index contributed by atoms with van der Waals surface area (Å²) >= 11 is 0. The standard InChI is InChI=1S/C28H36N2O4S/c1-28(2,29-27(31)34-26-15-18-30-16-13-23(26)14-17-30)24-9-5-21(6-10-24)22-7-11-25(12-8-22)35(32,33)19-20-3-4-20/h5-12,20,23,26H,3-4,13-19H2,1-2H3,(H,29,31). The SMILES string of the molecule is CC(C)(NC(=O)OC1CCN2CCC1CC2)c1ccc(-c2ccc(S(=O)(=O)CC3CC3)cc2)cc1. The highest BCUT2D eigenvalue weighted by Crippen LogP contribution is 2.33. The Hall–Kier alpha value is -2.38. The van der Waals surface area contributed by atoms with Crippen molar-refractivity contribution in [3.05, 3.63) is 54.1 Å². The molecule has 2 aromatic carbocycles. The zero-order valence-corrected chi connectivity index (χ0v) is 21.5. The van der Waals surface area contributed by atoms with E-state index in [1.807, 2.05) is 50.2 Å². The minimum absolute atomic E-state index is 0.00302. The van der Waals surface area contributed by atoms with Crippen molar-refractivity contribution in [2.75, 3.05) is 25.4 Å². The smallest absolute Gasteiger partial charge is 0.408 e. The van der Waals surface area contributed by atoms with E-state index >= 15 is 0 Å². The number of nitrogens with zero attached hydrogens (tertiary/aromatic N) is 1. The van der Waals surface area contributed by atoms with Crippen LogP contribution in [0.15, 0.2) is 53.4 Å². The maximum atomic E-state index is 12.8. The number of amides is 1. The lowest BCUT2D eigenvalue weighted by Gasteiger charge is -2.31. The lowest BCUT2D eigenvalue weighted by Crippen LogP contribution is -2.43. The van der Waals surface area contributed by atoms with Crippen molar-refractivity contribution in [3.63, 3.8) is 0 Å². The summed E-state index contributed by atoms with van der Waals surface area (Å²) in [6, 6.07) is 15.2. The average molecular weight is 497 g/mol. The molecule has 1 unspecified atom stereocenters. The molecule has 4 aliphatic rings. The normalized spacial score (nSPS) is 24.6. The van der Waals surface area contributed by atoms with Crippen molar-refractivity contribution in [1.29, 1.82) is 0 Å². The third kappa shape index (κ3) is 5.72. The Morgan fingerprint density at radius 3 is 2.09 bits per heavy atom. The Morgan fingerprint density at radius 1 is 0.914 bits per heavy atom. The fourth-order valence-corrected chi connectivity index (χ4v) is 7.07. The summed E-state index contributed by atoms with van der Waals surface area (Å²) in [5.74, 6) is 1.06. The fraction of sp³-hybridized carbons (Fsp3) is 0.536. The van der Waals surface area contributed by atoms with E-state index in [1.165, 1.54) is 0 Å². The Bertz CT molecular complexity index is 1150. The lowest BCUT2D eigenvalue weighted by molar-refractivity contribution is 0.0514. The van der Waals surface area contributed by atoms with Crippen molar-refractivity contribution >= 4 is 15.9 Å². The molecular formula is C28H36N2O4S. The quantitative estimate of drug-likeness (QED) is 0.585. The first kappa shape index (κ1) is 24.3. The number of fused-ring (bicyclic) bond motifs is 4. The third-order valence-corrected chi connectivity index (χ3v) is 9.77. The maximum Gasteiger partial charge on any atom is 0.408 e. The molecule has 3 aliphatic heterocycles. The minimum Gasteiger partial charge on any atom is -0.446 e. The molecule has 0 spiro atoms. The molecule has 1 saturated carbocycles. The highest BCUT2D eigenvalue weighted by Gasteiger charge is 2.34. The van der Waals surface area contributed by atoms with E-state index in [4.69, 9.17) is 4.74 Å². The molecule has 7 heteroatoms. The van der Waals surface area contributed by atoms with Gasteiger partial charge in [-0.2, -0.15) is 0 Å². The number of carbonyl (C=O) groups excluding carboxylic acids is 1.